The third-order valence-electron chi connectivity index (χ3n) is 2.85. The van der Waals surface area contributed by atoms with Crippen LogP contribution in [0.3, 0.4) is 0 Å². The highest BCUT2D eigenvalue weighted by molar-refractivity contribution is 7.09. The Bertz CT molecular complexity index is 569. The van der Waals surface area contributed by atoms with Gasteiger partial charge in [0, 0.05) is 23.7 Å². The van der Waals surface area contributed by atoms with E-state index in [-0.39, 0.29) is 5.69 Å². The van der Waals surface area contributed by atoms with Crippen molar-refractivity contribution in [1.82, 2.24) is 10.4 Å². The number of halogens is 3. The van der Waals surface area contributed by atoms with Crippen molar-refractivity contribution in [1.29, 1.82) is 0 Å². The number of hydrazine groups is 1. The molecule has 4 nitrogen and oxygen atoms in total. The predicted molar refractivity (Wildman–Crippen MR) is 71.7 cm³/mol. The number of alkyl halides is 3. The Morgan fingerprint density at radius 3 is 2.65 bits per heavy atom. The molecule has 108 valence electrons. The van der Waals surface area contributed by atoms with Crippen LogP contribution in [-0.4, -0.2) is 4.98 Å². The molecule has 2 rings (SSSR count). The lowest BCUT2D eigenvalue weighted by Crippen LogP contribution is -2.30. The number of aromatic nitrogens is 1. The maximum absolute atomic E-state index is 12.7. The van der Waals surface area contributed by atoms with Crippen LogP contribution in [-0.2, 0) is 12.6 Å². The van der Waals surface area contributed by atoms with Crippen LogP contribution in [0, 0.1) is 0 Å². The van der Waals surface area contributed by atoms with E-state index in [1.54, 1.807) is 11.6 Å². The lowest BCUT2D eigenvalue weighted by atomic mass is 9.99. The van der Waals surface area contributed by atoms with E-state index in [2.05, 4.69) is 10.4 Å². The molecule has 20 heavy (non-hydrogen) atoms. The zero-order valence-electron chi connectivity index (χ0n) is 10.3. The molecule has 0 saturated heterocycles. The minimum atomic E-state index is -4.41. The molecule has 0 bridgehead atoms. The minimum Gasteiger partial charge on any atom is -0.398 e. The summed E-state index contributed by atoms with van der Waals surface area (Å²) in [6.07, 6.45) is -2.41. The van der Waals surface area contributed by atoms with Gasteiger partial charge in [0.15, 0.2) is 0 Å². The van der Waals surface area contributed by atoms with Gasteiger partial charge in [-0.05, 0) is 23.8 Å². The summed E-state index contributed by atoms with van der Waals surface area (Å²) in [7, 11) is 0. The van der Waals surface area contributed by atoms with E-state index in [0.717, 1.165) is 17.1 Å². The van der Waals surface area contributed by atoms with Crippen molar-refractivity contribution in [3.63, 3.8) is 0 Å². The Morgan fingerprint density at radius 1 is 1.35 bits per heavy atom. The highest BCUT2D eigenvalue weighted by Gasteiger charge is 2.31. The van der Waals surface area contributed by atoms with Crippen LogP contribution < -0.4 is 17.0 Å². The van der Waals surface area contributed by atoms with Gasteiger partial charge in [0.2, 0.25) is 0 Å². The van der Waals surface area contributed by atoms with Crippen molar-refractivity contribution < 1.29 is 13.2 Å². The largest absolute Gasteiger partial charge is 0.416 e. The van der Waals surface area contributed by atoms with Crippen LogP contribution in [0.5, 0.6) is 0 Å². The zero-order chi connectivity index (χ0) is 14.8. The number of nitrogens with zero attached hydrogens (tertiary/aromatic N) is 1. The first-order chi connectivity index (χ1) is 9.41. The zero-order valence-corrected chi connectivity index (χ0v) is 11.1. The molecule has 8 heteroatoms. The van der Waals surface area contributed by atoms with Gasteiger partial charge in [-0.25, -0.2) is 4.98 Å². The Kier molecular flexibility index (Phi) is 4.26. The Labute approximate surface area is 117 Å². The van der Waals surface area contributed by atoms with Gasteiger partial charge >= 0.3 is 6.18 Å². The average Bonchev–Trinajstić information content (AvgIpc) is 2.88. The second kappa shape index (κ2) is 5.78. The monoisotopic (exact) mass is 302 g/mol. The summed E-state index contributed by atoms with van der Waals surface area (Å²) >= 11 is 1.41. The molecule has 1 heterocycles. The van der Waals surface area contributed by atoms with Gasteiger partial charge in [0.05, 0.1) is 16.6 Å². The fraction of sp³-hybridized carbons (Fsp3) is 0.250. The summed E-state index contributed by atoms with van der Waals surface area (Å²) in [4.78, 5) is 4.09. The predicted octanol–water partition coefficient (Wildman–Crippen LogP) is 2.49. The van der Waals surface area contributed by atoms with Crippen LogP contribution in [0.4, 0.5) is 18.9 Å². The van der Waals surface area contributed by atoms with Crippen molar-refractivity contribution in [3.8, 4) is 0 Å². The van der Waals surface area contributed by atoms with Gasteiger partial charge < -0.3 is 5.73 Å². The molecular formula is C12H13F3N4S. The SMILES string of the molecule is NNC(Cc1nccs1)c1cc(C(F)(F)F)ccc1N. The molecule has 0 aliphatic carbocycles. The van der Waals surface area contributed by atoms with E-state index >= 15 is 0 Å². The molecule has 0 spiro atoms. The maximum atomic E-state index is 12.7. The van der Waals surface area contributed by atoms with Crippen molar-refractivity contribution in [3.05, 3.63) is 45.9 Å². The highest BCUT2D eigenvalue weighted by Crippen LogP contribution is 2.33. The number of nitrogens with two attached hydrogens (primary N) is 2. The normalized spacial score (nSPS) is 13.4. The third kappa shape index (κ3) is 3.27. The summed E-state index contributed by atoms with van der Waals surface area (Å²) in [6, 6.07) is 2.69. The highest BCUT2D eigenvalue weighted by atomic mass is 32.1. The van der Waals surface area contributed by atoms with Crippen LogP contribution in [0.25, 0.3) is 0 Å². The molecule has 0 fully saturated rings. The number of rotatable bonds is 4. The second-order valence-corrected chi connectivity index (χ2v) is 5.17. The summed E-state index contributed by atoms with van der Waals surface area (Å²) in [5, 5.41) is 2.56. The number of nitrogens with one attached hydrogen (secondary N) is 1. The summed E-state index contributed by atoms with van der Waals surface area (Å²) < 4.78 is 38.2. The first kappa shape index (κ1) is 14.8. The van der Waals surface area contributed by atoms with Crippen LogP contribution >= 0.6 is 11.3 Å². The van der Waals surface area contributed by atoms with Crippen LogP contribution in [0.2, 0.25) is 0 Å². The van der Waals surface area contributed by atoms with Crippen LogP contribution in [0.1, 0.15) is 22.2 Å². The minimum absolute atomic E-state index is 0.262. The van der Waals surface area contributed by atoms with E-state index in [1.807, 2.05) is 0 Å². The Morgan fingerprint density at radius 2 is 2.10 bits per heavy atom. The molecule has 0 aliphatic heterocycles. The van der Waals surface area contributed by atoms with E-state index < -0.39 is 17.8 Å². The molecule has 1 atom stereocenters. The molecule has 1 aromatic carbocycles. The molecule has 1 unspecified atom stereocenters. The van der Waals surface area contributed by atoms with Gasteiger partial charge in [-0.2, -0.15) is 13.2 Å². The molecule has 0 aliphatic rings. The average molecular weight is 302 g/mol. The van der Waals surface area contributed by atoms with Crippen molar-refractivity contribution in [2.24, 2.45) is 5.84 Å². The van der Waals surface area contributed by atoms with Gasteiger partial charge in [-0.3, -0.25) is 11.3 Å². The first-order valence-electron chi connectivity index (χ1n) is 5.73. The molecule has 5 N–H and O–H groups in total. The van der Waals surface area contributed by atoms with E-state index in [0.29, 0.717) is 12.0 Å². The number of hydrogen-bond acceptors (Lipinski definition) is 5. The van der Waals surface area contributed by atoms with Crippen molar-refractivity contribution >= 4 is 17.0 Å². The summed E-state index contributed by atoms with van der Waals surface area (Å²) in [5.41, 5.74) is 8.08. The topological polar surface area (TPSA) is 77.0 Å². The smallest absolute Gasteiger partial charge is 0.398 e. The van der Waals surface area contributed by atoms with Crippen LogP contribution in [0.15, 0.2) is 29.8 Å². The lowest BCUT2D eigenvalue weighted by molar-refractivity contribution is -0.137. The molecule has 0 amide bonds. The van der Waals surface area contributed by atoms with Crippen molar-refractivity contribution in [2.45, 2.75) is 18.6 Å². The number of hydrogen-bond donors (Lipinski definition) is 3. The summed E-state index contributed by atoms with van der Waals surface area (Å²) in [6.45, 7) is 0. The Hall–Kier alpha value is -1.64. The number of benzene rings is 1. The van der Waals surface area contributed by atoms with E-state index in [4.69, 9.17) is 11.6 Å². The van der Waals surface area contributed by atoms with Gasteiger partial charge in [0.1, 0.15) is 0 Å². The fourth-order valence-corrected chi connectivity index (χ4v) is 2.50. The molecule has 2 aromatic rings. The maximum Gasteiger partial charge on any atom is 0.416 e. The second-order valence-electron chi connectivity index (χ2n) is 4.19. The number of anilines is 1. The van der Waals surface area contributed by atoms with Crippen molar-refractivity contribution in [2.75, 3.05) is 5.73 Å². The summed E-state index contributed by atoms with van der Waals surface area (Å²) in [5.74, 6) is 5.44. The first-order valence-corrected chi connectivity index (χ1v) is 6.61. The van der Waals surface area contributed by atoms with Gasteiger partial charge in [-0.15, -0.1) is 11.3 Å². The fourth-order valence-electron chi connectivity index (χ4n) is 1.84. The third-order valence-corrected chi connectivity index (χ3v) is 3.65. The number of nitrogen functional groups attached to an aromatic ring is 1. The molecule has 0 saturated carbocycles. The lowest BCUT2D eigenvalue weighted by Gasteiger charge is -2.19. The van der Waals surface area contributed by atoms with E-state index in [1.165, 1.54) is 17.4 Å². The van der Waals surface area contributed by atoms with Gasteiger partial charge in [-0.1, -0.05) is 0 Å². The molecule has 1 aromatic heterocycles. The standard InChI is InChI=1S/C12H13F3N4S/c13-12(14,15)7-1-2-9(16)8(5-7)10(19-17)6-11-18-3-4-20-11/h1-5,10,19H,6,16-17H2. The van der Waals surface area contributed by atoms with Gasteiger partial charge in [0.25, 0.3) is 0 Å². The number of thiazole rings is 1. The quantitative estimate of drug-likeness (QED) is 0.461. The molecular weight excluding hydrogens is 289 g/mol. The Balaban J connectivity index is 2.33. The van der Waals surface area contributed by atoms with E-state index in [9.17, 15) is 13.2 Å². The molecule has 0 radical (unpaired) electrons.